The lowest BCUT2D eigenvalue weighted by Crippen LogP contribution is -2.32. The second kappa shape index (κ2) is 6.13. The highest BCUT2D eigenvalue weighted by Crippen LogP contribution is 2.08. The molecule has 100 valence electrons. The van der Waals surface area contributed by atoms with Gasteiger partial charge in [-0.15, -0.1) is 0 Å². The van der Waals surface area contributed by atoms with E-state index in [4.69, 9.17) is 4.42 Å². The summed E-state index contributed by atoms with van der Waals surface area (Å²) >= 11 is 0. The third-order valence-electron chi connectivity index (χ3n) is 2.92. The predicted molar refractivity (Wildman–Crippen MR) is 70.8 cm³/mol. The van der Waals surface area contributed by atoms with Crippen LogP contribution in [0.4, 0.5) is 0 Å². The minimum atomic E-state index is -0.114. The molecule has 0 radical (unpaired) electrons. The molecule has 0 bridgehead atoms. The van der Waals surface area contributed by atoms with Crippen LogP contribution in [0.3, 0.4) is 0 Å². The highest BCUT2D eigenvalue weighted by molar-refractivity contribution is 5.91. The SMILES string of the molecule is CCN(CCc1ccncc1)C(=O)c1cnc(C)o1. The molecule has 2 rings (SSSR count). The lowest BCUT2D eigenvalue weighted by molar-refractivity contribution is 0.0733. The summed E-state index contributed by atoms with van der Waals surface area (Å²) in [5.74, 6) is 0.694. The van der Waals surface area contributed by atoms with Crippen LogP contribution >= 0.6 is 0 Å². The number of nitrogens with zero attached hydrogens (tertiary/aromatic N) is 3. The van der Waals surface area contributed by atoms with Crippen molar-refractivity contribution in [2.24, 2.45) is 0 Å². The molecule has 1 amide bonds. The first-order valence-corrected chi connectivity index (χ1v) is 6.31. The number of hydrogen-bond acceptors (Lipinski definition) is 4. The Kier molecular flexibility index (Phi) is 4.28. The van der Waals surface area contributed by atoms with Gasteiger partial charge in [0.1, 0.15) is 0 Å². The fraction of sp³-hybridized carbons (Fsp3) is 0.357. The molecule has 0 N–H and O–H groups in total. The smallest absolute Gasteiger partial charge is 0.291 e. The lowest BCUT2D eigenvalue weighted by Gasteiger charge is -2.19. The number of hydrogen-bond donors (Lipinski definition) is 0. The third kappa shape index (κ3) is 3.40. The Morgan fingerprint density at radius 2 is 2.11 bits per heavy atom. The van der Waals surface area contributed by atoms with Crippen LogP contribution in [0.25, 0.3) is 0 Å². The Morgan fingerprint density at radius 3 is 2.68 bits per heavy atom. The molecule has 0 saturated heterocycles. The van der Waals surface area contributed by atoms with Crippen LogP contribution in [0.15, 0.2) is 35.1 Å². The molecule has 5 heteroatoms. The number of likely N-dealkylation sites (N-methyl/N-ethyl adjacent to an activating group) is 1. The topological polar surface area (TPSA) is 59.2 Å². The Morgan fingerprint density at radius 1 is 1.37 bits per heavy atom. The van der Waals surface area contributed by atoms with E-state index in [9.17, 15) is 4.79 Å². The Labute approximate surface area is 112 Å². The van der Waals surface area contributed by atoms with Crippen LogP contribution in [0.1, 0.15) is 28.9 Å². The van der Waals surface area contributed by atoms with Crippen LogP contribution in [-0.2, 0) is 6.42 Å². The van der Waals surface area contributed by atoms with Crippen molar-refractivity contribution >= 4 is 5.91 Å². The summed E-state index contributed by atoms with van der Waals surface area (Å²) in [7, 11) is 0. The molecule has 2 aromatic heterocycles. The summed E-state index contributed by atoms with van der Waals surface area (Å²) in [6.45, 7) is 4.97. The molecule has 5 nitrogen and oxygen atoms in total. The van der Waals surface area contributed by atoms with Gasteiger partial charge in [-0.25, -0.2) is 4.98 Å². The molecule has 2 heterocycles. The fourth-order valence-corrected chi connectivity index (χ4v) is 1.83. The minimum absolute atomic E-state index is 0.114. The second-order valence-corrected chi connectivity index (χ2v) is 4.23. The summed E-state index contributed by atoms with van der Waals surface area (Å²) in [5.41, 5.74) is 1.16. The quantitative estimate of drug-likeness (QED) is 0.825. The molecular weight excluding hydrogens is 242 g/mol. The highest BCUT2D eigenvalue weighted by atomic mass is 16.4. The van der Waals surface area contributed by atoms with Crippen molar-refractivity contribution < 1.29 is 9.21 Å². The summed E-state index contributed by atoms with van der Waals surface area (Å²) in [6, 6.07) is 3.91. The van der Waals surface area contributed by atoms with Gasteiger partial charge in [-0.2, -0.15) is 0 Å². The van der Waals surface area contributed by atoms with E-state index >= 15 is 0 Å². The maximum atomic E-state index is 12.2. The van der Waals surface area contributed by atoms with E-state index < -0.39 is 0 Å². The monoisotopic (exact) mass is 259 g/mol. The van der Waals surface area contributed by atoms with Gasteiger partial charge in [0.25, 0.3) is 5.91 Å². The van der Waals surface area contributed by atoms with Crippen molar-refractivity contribution in [1.29, 1.82) is 0 Å². The number of carbonyl (C=O) groups excluding carboxylic acids is 1. The molecule has 0 aromatic carbocycles. The summed E-state index contributed by atoms with van der Waals surface area (Å²) in [6.07, 6.45) is 5.79. The summed E-state index contributed by atoms with van der Waals surface area (Å²) < 4.78 is 5.27. The molecular formula is C14H17N3O2. The van der Waals surface area contributed by atoms with Gasteiger partial charge in [0.2, 0.25) is 5.76 Å². The summed E-state index contributed by atoms with van der Waals surface area (Å²) in [5, 5.41) is 0. The number of oxazole rings is 1. The first-order chi connectivity index (χ1) is 9.20. The Bertz CT molecular complexity index is 537. The van der Waals surface area contributed by atoms with Crippen LogP contribution in [0, 0.1) is 6.92 Å². The van der Waals surface area contributed by atoms with Crippen LogP contribution in [0.2, 0.25) is 0 Å². The molecule has 0 saturated carbocycles. The first kappa shape index (κ1) is 13.3. The fourth-order valence-electron chi connectivity index (χ4n) is 1.83. The molecule has 0 atom stereocenters. The van der Waals surface area contributed by atoms with Crippen molar-refractivity contribution in [3.05, 3.63) is 47.9 Å². The first-order valence-electron chi connectivity index (χ1n) is 6.31. The zero-order valence-electron chi connectivity index (χ0n) is 11.2. The number of pyridine rings is 1. The molecule has 0 fully saturated rings. The van der Waals surface area contributed by atoms with E-state index in [1.165, 1.54) is 6.20 Å². The molecule has 0 spiro atoms. The average molecular weight is 259 g/mol. The van der Waals surface area contributed by atoms with Crippen molar-refractivity contribution in [2.75, 3.05) is 13.1 Å². The van der Waals surface area contributed by atoms with Crippen molar-refractivity contribution in [2.45, 2.75) is 20.3 Å². The maximum Gasteiger partial charge on any atom is 0.291 e. The van der Waals surface area contributed by atoms with Gasteiger partial charge >= 0.3 is 0 Å². The van der Waals surface area contributed by atoms with Crippen molar-refractivity contribution in [3.8, 4) is 0 Å². The minimum Gasteiger partial charge on any atom is -0.436 e. The van der Waals surface area contributed by atoms with Gasteiger partial charge < -0.3 is 9.32 Å². The van der Waals surface area contributed by atoms with Gasteiger partial charge in [-0.3, -0.25) is 9.78 Å². The van der Waals surface area contributed by atoms with E-state index in [1.807, 2.05) is 19.1 Å². The van der Waals surface area contributed by atoms with Crippen molar-refractivity contribution in [1.82, 2.24) is 14.9 Å². The Balaban J connectivity index is 1.98. The zero-order valence-corrected chi connectivity index (χ0v) is 11.2. The van der Waals surface area contributed by atoms with Gasteiger partial charge in [0.05, 0.1) is 6.20 Å². The van der Waals surface area contributed by atoms with Gasteiger partial charge in [0.15, 0.2) is 5.89 Å². The number of aromatic nitrogens is 2. The van der Waals surface area contributed by atoms with Crippen LogP contribution in [-0.4, -0.2) is 33.9 Å². The summed E-state index contributed by atoms with van der Waals surface area (Å²) in [4.78, 5) is 21.9. The third-order valence-corrected chi connectivity index (χ3v) is 2.92. The molecule has 0 unspecified atom stereocenters. The molecule has 0 aliphatic heterocycles. The second-order valence-electron chi connectivity index (χ2n) is 4.23. The number of aryl methyl sites for hydroxylation is 1. The van der Waals surface area contributed by atoms with E-state index in [0.717, 1.165) is 12.0 Å². The van der Waals surface area contributed by atoms with Crippen molar-refractivity contribution in [3.63, 3.8) is 0 Å². The van der Waals surface area contributed by atoms with Gasteiger partial charge in [-0.05, 0) is 31.0 Å². The zero-order chi connectivity index (χ0) is 13.7. The lowest BCUT2D eigenvalue weighted by atomic mass is 10.2. The van der Waals surface area contributed by atoms with Gasteiger partial charge in [0, 0.05) is 32.4 Å². The predicted octanol–water partition coefficient (Wildman–Crippen LogP) is 2.08. The molecule has 19 heavy (non-hydrogen) atoms. The van der Waals surface area contributed by atoms with E-state index in [2.05, 4.69) is 9.97 Å². The van der Waals surface area contributed by atoms with Crippen LogP contribution in [0.5, 0.6) is 0 Å². The highest BCUT2D eigenvalue weighted by Gasteiger charge is 2.17. The van der Waals surface area contributed by atoms with E-state index in [-0.39, 0.29) is 5.91 Å². The van der Waals surface area contributed by atoms with Gasteiger partial charge in [-0.1, -0.05) is 0 Å². The molecule has 0 aliphatic rings. The molecule has 2 aromatic rings. The number of amides is 1. The molecule has 0 aliphatic carbocycles. The van der Waals surface area contributed by atoms with E-state index in [0.29, 0.717) is 24.7 Å². The average Bonchev–Trinajstić information content (AvgIpc) is 2.87. The number of carbonyl (C=O) groups is 1. The van der Waals surface area contributed by atoms with Crippen LogP contribution < -0.4 is 0 Å². The largest absolute Gasteiger partial charge is 0.436 e. The number of rotatable bonds is 5. The Hall–Kier alpha value is -2.17. The normalized spacial score (nSPS) is 10.4. The standard InChI is InChI=1S/C14H17N3O2/c1-3-17(9-6-12-4-7-15-8-5-12)14(18)13-10-16-11(2)19-13/h4-5,7-8,10H,3,6,9H2,1-2H3. The van der Waals surface area contributed by atoms with E-state index in [1.54, 1.807) is 24.2 Å². The maximum absolute atomic E-state index is 12.2.